The highest BCUT2D eigenvalue weighted by molar-refractivity contribution is 7.19. The molecule has 7 heteroatoms. The van der Waals surface area contributed by atoms with Crippen LogP contribution in [0.25, 0.3) is 10.4 Å². The Morgan fingerprint density at radius 2 is 1.62 bits per heavy atom. The van der Waals surface area contributed by atoms with E-state index < -0.39 is 11.5 Å². The smallest absolute Gasteiger partial charge is 0.267 e. The second-order valence-corrected chi connectivity index (χ2v) is 7.40. The van der Waals surface area contributed by atoms with E-state index in [1.165, 1.54) is 17.4 Å². The third-order valence-corrected chi connectivity index (χ3v) is 5.46. The number of aliphatic hydroxyl groups is 1. The lowest BCUT2D eigenvalue weighted by Gasteiger charge is -2.27. The summed E-state index contributed by atoms with van der Waals surface area (Å²) in [5.41, 5.74) is -0.486. The van der Waals surface area contributed by atoms with Crippen LogP contribution in [0.3, 0.4) is 0 Å². The minimum absolute atomic E-state index is 0.219. The molecule has 0 radical (unpaired) electrons. The molecule has 0 aliphatic carbocycles. The first-order valence-corrected chi connectivity index (χ1v) is 9.69. The van der Waals surface area contributed by atoms with Gasteiger partial charge in [0.2, 0.25) is 5.56 Å². The summed E-state index contributed by atoms with van der Waals surface area (Å²) in [5, 5.41) is 14.5. The zero-order valence-electron chi connectivity index (χ0n) is 15.2. The summed E-state index contributed by atoms with van der Waals surface area (Å²) < 4.78 is 0. The number of anilines is 1. The molecular formula is C22H17N3O3S. The molecule has 3 N–H and O–H groups in total. The van der Waals surface area contributed by atoms with Gasteiger partial charge in [0.15, 0.2) is 10.7 Å². The molecule has 29 heavy (non-hydrogen) atoms. The minimum Gasteiger partial charge on any atom is -0.372 e. The number of rotatable bonds is 5. The van der Waals surface area contributed by atoms with Crippen molar-refractivity contribution in [3.8, 4) is 10.4 Å². The highest BCUT2D eigenvalue weighted by Crippen LogP contribution is 2.33. The zero-order chi connectivity index (χ0) is 20.3. The molecule has 0 saturated heterocycles. The molecule has 0 saturated carbocycles. The predicted molar refractivity (Wildman–Crippen MR) is 113 cm³/mol. The van der Waals surface area contributed by atoms with Crippen molar-refractivity contribution in [1.82, 2.24) is 9.97 Å². The molecule has 6 nitrogen and oxygen atoms in total. The van der Waals surface area contributed by atoms with E-state index in [-0.39, 0.29) is 5.56 Å². The summed E-state index contributed by atoms with van der Waals surface area (Å²) in [6.45, 7) is 0. The standard InChI is InChI=1S/C22H17N3O3S/c26-19-13-15(11-12-23-19)18-14-24-21(29-18)25-20(27)22(28,16-7-3-1-4-8-16)17-9-5-2-6-10-17/h1-14,28H,(H,23,26)(H,24,25,27). The molecular weight excluding hydrogens is 386 g/mol. The van der Waals surface area contributed by atoms with E-state index in [4.69, 9.17) is 0 Å². The van der Waals surface area contributed by atoms with Gasteiger partial charge in [-0.2, -0.15) is 0 Å². The molecule has 144 valence electrons. The lowest BCUT2D eigenvalue weighted by Crippen LogP contribution is -2.41. The molecule has 0 bridgehead atoms. The summed E-state index contributed by atoms with van der Waals surface area (Å²) in [4.78, 5) is 32.2. The lowest BCUT2D eigenvalue weighted by atomic mass is 9.85. The van der Waals surface area contributed by atoms with Crippen LogP contribution in [0.1, 0.15) is 11.1 Å². The summed E-state index contributed by atoms with van der Waals surface area (Å²) in [6, 6.07) is 20.8. The summed E-state index contributed by atoms with van der Waals surface area (Å²) in [6.07, 6.45) is 3.14. The second-order valence-electron chi connectivity index (χ2n) is 6.37. The number of carbonyl (C=O) groups excluding carboxylic acids is 1. The van der Waals surface area contributed by atoms with E-state index in [1.54, 1.807) is 67.0 Å². The van der Waals surface area contributed by atoms with Crippen LogP contribution in [0, 0.1) is 0 Å². The number of hydrogen-bond acceptors (Lipinski definition) is 5. The van der Waals surface area contributed by atoms with Crippen LogP contribution in [0.15, 0.2) is 90.0 Å². The largest absolute Gasteiger partial charge is 0.372 e. The van der Waals surface area contributed by atoms with Gasteiger partial charge in [0.1, 0.15) is 0 Å². The van der Waals surface area contributed by atoms with Gasteiger partial charge in [0.25, 0.3) is 5.91 Å². The fourth-order valence-corrected chi connectivity index (χ4v) is 3.85. The maximum absolute atomic E-state index is 13.2. The van der Waals surface area contributed by atoms with Crippen molar-refractivity contribution in [3.05, 3.63) is 107 Å². The number of carbonyl (C=O) groups is 1. The molecule has 1 amide bonds. The van der Waals surface area contributed by atoms with Gasteiger partial charge in [-0.3, -0.25) is 14.9 Å². The maximum Gasteiger partial charge on any atom is 0.267 e. The molecule has 2 aromatic carbocycles. The van der Waals surface area contributed by atoms with Crippen LogP contribution >= 0.6 is 11.3 Å². The number of amides is 1. The van der Waals surface area contributed by atoms with Gasteiger partial charge in [0.05, 0.1) is 4.88 Å². The molecule has 0 fully saturated rings. The Morgan fingerprint density at radius 3 is 2.21 bits per heavy atom. The van der Waals surface area contributed by atoms with Crippen molar-refractivity contribution in [3.63, 3.8) is 0 Å². The Kier molecular flexibility index (Phi) is 5.07. The normalized spacial score (nSPS) is 11.2. The fourth-order valence-electron chi connectivity index (χ4n) is 3.04. The summed E-state index contributed by atoms with van der Waals surface area (Å²) in [7, 11) is 0. The SMILES string of the molecule is O=C(Nc1ncc(-c2cc[nH]c(=O)c2)s1)C(O)(c1ccccc1)c1ccccc1. The van der Waals surface area contributed by atoms with Gasteiger partial charge >= 0.3 is 0 Å². The van der Waals surface area contributed by atoms with Gasteiger partial charge < -0.3 is 10.1 Å². The van der Waals surface area contributed by atoms with Gasteiger partial charge in [-0.15, -0.1) is 0 Å². The quantitative estimate of drug-likeness (QED) is 0.476. The third kappa shape index (κ3) is 3.73. The first-order chi connectivity index (χ1) is 14.1. The van der Waals surface area contributed by atoms with Crippen molar-refractivity contribution in [2.24, 2.45) is 0 Å². The number of benzene rings is 2. The Morgan fingerprint density at radius 1 is 1.00 bits per heavy atom. The topological polar surface area (TPSA) is 95.1 Å². The number of hydrogen-bond donors (Lipinski definition) is 3. The summed E-state index contributed by atoms with van der Waals surface area (Å²) in [5.74, 6) is -0.610. The molecule has 4 rings (SSSR count). The number of nitrogens with zero attached hydrogens (tertiary/aromatic N) is 1. The number of nitrogens with one attached hydrogen (secondary N) is 2. The molecule has 4 aromatic rings. The van der Waals surface area contributed by atoms with Gasteiger partial charge in [-0.25, -0.2) is 4.98 Å². The number of aromatic nitrogens is 2. The van der Waals surface area contributed by atoms with E-state index in [0.717, 1.165) is 4.88 Å². The first-order valence-electron chi connectivity index (χ1n) is 8.87. The Hall–Kier alpha value is -3.55. The average Bonchev–Trinajstić information content (AvgIpc) is 3.23. The summed E-state index contributed by atoms with van der Waals surface area (Å²) >= 11 is 1.22. The maximum atomic E-state index is 13.2. The number of thiazole rings is 1. The molecule has 2 aromatic heterocycles. The molecule has 0 atom stereocenters. The van der Waals surface area contributed by atoms with Crippen LogP contribution in [0.5, 0.6) is 0 Å². The van der Waals surface area contributed by atoms with E-state index >= 15 is 0 Å². The molecule has 0 aliphatic heterocycles. The third-order valence-electron chi connectivity index (χ3n) is 4.50. The Balaban J connectivity index is 1.67. The molecule has 0 aliphatic rings. The van der Waals surface area contributed by atoms with Crippen molar-refractivity contribution < 1.29 is 9.90 Å². The van der Waals surface area contributed by atoms with Crippen molar-refractivity contribution in [2.75, 3.05) is 5.32 Å². The zero-order valence-corrected chi connectivity index (χ0v) is 16.0. The van der Waals surface area contributed by atoms with E-state index in [9.17, 15) is 14.7 Å². The van der Waals surface area contributed by atoms with E-state index in [0.29, 0.717) is 21.8 Å². The monoisotopic (exact) mass is 403 g/mol. The average molecular weight is 403 g/mol. The Labute approximate surface area is 170 Å². The molecule has 0 spiro atoms. The fraction of sp³-hybridized carbons (Fsp3) is 0.0455. The molecule has 2 heterocycles. The van der Waals surface area contributed by atoms with Crippen LogP contribution in [-0.2, 0) is 10.4 Å². The van der Waals surface area contributed by atoms with Crippen LogP contribution in [0.2, 0.25) is 0 Å². The number of H-pyrrole nitrogens is 1. The van der Waals surface area contributed by atoms with Crippen LogP contribution in [0.4, 0.5) is 5.13 Å². The first kappa shape index (κ1) is 18.8. The Bertz CT molecular complexity index is 1150. The van der Waals surface area contributed by atoms with Crippen molar-refractivity contribution in [2.45, 2.75) is 5.60 Å². The highest BCUT2D eigenvalue weighted by Gasteiger charge is 2.40. The van der Waals surface area contributed by atoms with E-state index in [2.05, 4.69) is 15.3 Å². The van der Waals surface area contributed by atoms with Crippen molar-refractivity contribution >= 4 is 22.4 Å². The number of aromatic amines is 1. The van der Waals surface area contributed by atoms with Gasteiger partial charge in [-0.05, 0) is 17.2 Å². The van der Waals surface area contributed by atoms with Crippen LogP contribution < -0.4 is 10.9 Å². The van der Waals surface area contributed by atoms with Gasteiger partial charge in [0, 0.05) is 24.0 Å². The lowest BCUT2D eigenvalue weighted by molar-refractivity contribution is -0.131. The highest BCUT2D eigenvalue weighted by atomic mass is 32.1. The predicted octanol–water partition coefficient (Wildman–Crippen LogP) is 3.37. The number of pyridine rings is 1. The van der Waals surface area contributed by atoms with Crippen LogP contribution in [-0.4, -0.2) is 21.0 Å². The van der Waals surface area contributed by atoms with E-state index in [1.807, 2.05) is 12.1 Å². The van der Waals surface area contributed by atoms with Crippen molar-refractivity contribution in [1.29, 1.82) is 0 Å². The van der Waals surface area contributed by atoms with Gasteiger partial charge in [-0.1, -0.05) is 72.0 Å². The second kappa shape index (κ2) is 7.83. The minimum atomic E-state index is -1.88. The molecule has 0 unspecified atom stereocenters.